The third kappa shape index (κ3) is 6.18. The lowest BCUT2D eigenvalue weighted by Gasteiger charge is -2.19. The molecular weight excluding hydrogens is 512 g/mol. The molecule has 0 amide bonds. The highest BCUT2D eigenvalue weighted by Gasteiger charge is 2.21. The van der Waals surface area contributed by atoms with E-state index in [9.17, 15) is 8.42 Å². The van der Waals surface area contributed by atoms with Crippen molar-refractivity contribution in [1.29, 1.82) is 0 Å². The fourth-order valence-corrected chi connectivity index (χ4v) is 5.74. The zero-order valence-corrected chi connectivity index (χ0v) is 23.1. The molecule has 1 heterocycles. The molecule has 3 aromatic carbocycles. The lowest BCUT2D eigenvalue weighted by molar-refractivity contribution is 0.575. The fourth-order valence-electron chi connectivity index (χ4n) is 3.67. The maximum absolute atomic E-state index is 13.1. The van der Waals surface area contributed by atoms with Gasteiger partial charge in [0.05, 0.1) is 17.1 Å². The number of hydrogen-bond donors (Lipinski definition) is 1. The number of rotatable bonds is 8. The summed E-state index contributed by atoms with van der Waals surface area (Å²) in [4.78, 5) is 0.208. The van der Waals surface area contributed by atoms with Gasteiger partial charge in [0.15, 0.2) is 11.0 Å². The third-order valence-corrected chi connectivity index (χ3v) is 8.43. The van der Waals surface area contributed by atoms with Gasteiger partial charge in [0.25, 0.3) is 0 Å². The minimum atomic E-state index is -3.75. The summed E-state index contributed by atoms with van der Waals surface area (Å²) < 4.78 is 30.7. The molecule has 0 aliphatic carbocycles. The van der Waals surface area contributed by atoms with Gasteiger partial charge in [-0.3, -0.25) is 4.57 Å². The van der Waals surface area contributed by atoms with Crippen molar-refractivity contribution < 1.29 is 8.42 Å². The van der Waals surface area contributed by atoms with Gasteiger partial charge in [-0.1, -0.05) is 92.7 Å². The van der Waals surface area contributed by atoms with E-state index in [2.05, 4.69) is 47.8 Å². The lowest BCUT2D eigenvalue weighted by Crippen LogP contribution is -2.25. The van der Waals surface area contributed by atoms with Gasteiger partial charge in [-0.05, 0) is 53.3 Å². The highest BCUT2D eigenvalue weighted by Crippen LogP contribution is 2.29. The molecule has 0 atom stereocenters. The van der Waals surface area contributed by atoms with E-state index in [-0.39, 0.29) is 16.9 Å². The van der Waals surface area contributed by atoms with Crippen LogP contribution in [-0.2, 0) is 27.7 Å². The van der Waals surface area contributed by atoms with E-state index >= 15 is 0 Å². The summed E-state index contributed by atoms with van der Waals surface area (Å²) in [6, 6.07) is 22.6. The molecule has 0 unspecified atom stereocenters. The van der Waals surface area contributed by atoms with Gasteiger partial charge in [-0.15, -0.1) is 10.2 Å². The van der Waals surface area contributed by atoms with Crippen molar-refractivity contribution in [2.24, 2.45) is 0 Å². The molecular formula is C27H29ClN4O2S2. The van der Waals surface area contributed by atoms with Gasteiger partial charge >= 0.3 is 0 Å². The van der Waals surface area contributed by atoms with Crippen LogP contribution >= 0.6 is 23.4 Å². The molecule has 1 N–H and O–H groups in total. The van der Waals surface area contributed by atoms with Crippen molar-refractivity contribution >= 4 is 33.4 Å². The molecule has 0 fully saturated rings. The highest BCUT2D eigenvalue weighted by atomic mass is 35.5. The maximum atomic E-state index is 13.1. The van der Waals surface area contributed by atoms with Crippen molar-refractivity contribution in [3.05, 3.63) is 100 Å². The number of benzene rings is 3. The van der Waals surface area contributed by atoms with Crippen molar-refractivity contribution in [3.63, 3.8) is 0 Å². The van der Waals surface area contributed by atoms with E-state index in [0.29, 0.717) is 21.8 Å². The summed E-state index contributed by atoms with van der Waals surface area (Å²) in [6.45, 7) is 8.22. The zero-order valence-electron chi connectivity index (χ0n) is 20.7. The van der Waals surface area contributed by atoms with Crippen LogP contribution in [0, 0.1) is 6.92 Å². The number of halogens is 1. The van der Waals surface area contributed by atoms with Crippen LogP contribution in [0.1, 0.15) is 43.3 Å². The molecule has 6 nitrogen and oxygen atoms in total. The van der Waals surface area contributed by atoms with E-state index in [1.54, 1.807) is 12.1 Å². The summed E-state index contributed by atoms with van der Waals surface area (Å²) in [5, 5.41) is 9.97. The Hall–Kier alpha value is -2.65. The Labute approximate surface area is 222 Å². The number of aromatic nitrogens is 3. The number of hydrogen-bond acceptors (Lipinski definition) is 5. The molecule has 1 aromatic heterocycles. The largest absolute Gasteiger partial charge is 0.273 e. The summed E-state index contributed by atoms with van der Waals surface area (Å²) >= 11 is 7.85. The minimum Gasteiger partial charge on any atom is -0.273 e. The van der Waals surface area contributed by atoms with Crippen molar-refractivity contribution in [2.45, 2.75) is 55.5 Å². The summed E-state index contributed by atoms with van der Waals surface area (Å²) in [5.74, 6) is 1.18. The predicted molar refractivity (Wildman–Crippen MR) is 146 cm³/mol. The number of thioether (sulfide) groups is 1. The first-order valence-electron chi connectivity index (χ1n) is 11.5. The second-order valence-electron chi connectivity index (χ2n) is 9.54. The minimum absolute atomic E-state index is 0.0196. The second-order valence-corrected chi connectivity index (χ2v) is 12.7. The Morgan fingerprint density at radius 3 is 2.33 bits per heavy atom. The molecule has 0 aliphatic rings. The molecule has 4 aromatic rings. The van der Waals surface area contributed by atoms with Crippen LogP contribution in [0.15, 0.2) is 82.8 Å². The van der Waals surface area contributed by atoms with Gasteiger partial charge < -0.3 is 0 Å². The molecule has 9 heteroatoms. The van der Waals surface area contributed by atoms with Gasteiger partial charge in [0, 0.05) is 10.8 Å². The standard InChI is InChI=1S/C27H29ClN4O2S2/c1-19-10-13-22(28)16-24(19)32-25(30-31-26(32)35-18-20-8-6-5-7-9-20)17-29-36(33,34)23-14-11-21(12-15-23)27(2,3)4/h5-16,29H,17-18H2,1-4H3. The van der Waals surface area contributed by atoms with Gasteiger partial charge in [-0.25, -0.2) is 13.1 Å². The van der Waals surface area contributed by atoms with E-state index in [1.807, 2.05) is 60.0 Å². The average molecular weight is 541 g/mol. The number of sulfonamides is 1. The van der Waals surface area contributed by atoms with Crippen molar-refractivity contribution in [3.8, 4) is 5.69 Å². The Bertz CT molecular complexity index is 1450. The van der Waals surface area contributed by atoms with Crippen LogP contribution in [0.3, 0.4) is 0 Å². The van der Waals surface area contributed by atoms with Gasteiger partial charge in [0.1, 0.15) is 0 Å². The molecule has 0 aliphatic heterocycles. The van der Waals surface area contributed by atoms with E-state index in [0.717, 1.165) is 22.4 Å². The van der Waals surface area contributed by atoms with Crippen LogP contribution in [0.4, 0.5) is 0 Å². The molecule has 36 heavy (non-hydrogen) atoms. The van der Waals surface area contributed by atoms with Crippen LogP contribution in [0.2, 0.25) is 5.02 Å². The smallest absolute Gasteiger partial charge is 0.240 e. The van der Waals surface area contributed by atoms with E-state index < -0.39 is 10.0 Å². The SMILES string of the molecule is Cc1ccc(Cl)cc1-n1c(CNS(=O)(=O)c2ccc(C(C)(C)C)cc2)nnc1SCc1ccccc1. The molecule has 0 spiro atoms. The predicted octanol–water partition coefficient (Wildman–Crippen LogP) is 6.30. The molecule has 0 saturated heterocycles. The van der Waals surface area contributed by atoms with Crippen LogP contribution in [0.25, 0.3) is 5.69 Å². The molecule has 0 saturated carbocycles. The van der Waals surface area contributed by atoms with Crippen molar-refractivity contribution in [1.82, 2.24) is 19.5 Å². The first-order chi connectivity index (χ1) is 17.0. The topological polar surface area (TPSA) is 76.9 Å². The fraction of sp³-hybridized carbons (Fsp3) is 0.259. The Morgan fingerprint density at radius 1 is 0.972 bits per heavy atom. The number of nitrogens with one attached hydrogen (secondary N) is 1. The Morgan fingerprint density at radius 2 is 1.67 bits per heavy atom. The summed E-state index contributed by atoms with van der Waals surface area (Å²) in [6.07, 6.45) is 0. The lowest BCUT2D eigenvalue weighted by atomic mass is 9.87. The van der Waals surface area contributed by atoms with Crippen LogP contribution in [-0.4, -0.2) is 23.2 Å². The van der Waals surface area contributed by atoms with Crippen LogP contribution < -0.4 is 4.72 Å². The first-order valence-corrected chi connectivity index (χ1v) is 14.4. The highest BCUT2D eigenvalue weighted by molar-refractivity contribution is 7.98. The summed E-state index contributed by atoms with van der Waals surface area (Å²) in [7, 11) is -3.75. The van der Waals surface area contributed by atoms with Gasteiger partial charge in [-0.2, -0.15) is 0 Å². The number of aryl methyl sites for hydroxylation is 1. The quantitative estimate of drug-likeness (QED) is 0.265. The third-order valence-electron chi connectivity index (χ3n) is 5.77. The first kappa shape index (κ1) is 26.4. The second kappa shape index (κ2) is 10.8. The Balaban J connectivity index is 1.62. The molecule has 0 bridgehead atoms. The van der Waals surface area contributed by atoms with E-state index in [4.69, 9.17) is 11.6 Å². The Kier molecular flexibility index (Phi) is 7.90. The monoisotopic (exact) mass is 540 g/mol. The number of nitrogens with zero attached hydrogens (tertiary/aromatic N) is 3. The van der Waals surface area contributed by atoms with Gasteiger partial charge in [0.2, 0.25) is 10.0 Å². The van der Waals surface area contributed by atoms with Crippen molar-refractivity contribution in [2.75, 3.05) is 0 Å². The molecule has 0 radical (unpaired) electrons. The molecule has 188 valence electrons. The molecule has 4 rings (SSSR count). The summed E-state index contributed by atoms with van der Waals surface area (Å²) in [5.41, 5.74) is 3.95. The van der Waals surface area contributed by atoms with Crippen LogP contribution in [0.5, 0.6) is 0 Å². The normalized spacial score (nSPS) is 12.1. The average Bonchev–Trinajstić information content (AvgIpc) is 3.26. The maximum Gasteiger partial charge on any atom is 0.240 e. The van der Waals surface area contributed by atoms with E-state index in [1.165, 1.54) is 11.8 Å². The zero-order chi connectivity index (χ0) is 25.9.